The molecule has 0 aliphatic carbocycles. The minimum atomic E-state index is -0.164. The lowest BCUT2D eigenvalue weighted by Crippen LogP contribution is -2.32. The van der Waals surface area contributed by atoms with Crippen LogP contribution in [-0.2, 0) is 0 Å². The molecular formula is C23H27N3O3. The van der Waals surface area contributed by atoms with Gasteiger partial charge in [-0.05, 0) is 49.1 Å². The summed E-state index contributed by atoms with van der Waals surface area (Å²) in [7, 11) is 3.18. The maximum absolute atomic E-state index is 12.9. The van der Waals surface area contributed by atoms with Crippen molar-refractivity contribution in [3.05, 3.63) is 48.2 Å². The van der Waals surface area contributed by atoms with Gasteiger partial charge in [0.2, 0.25) is 0 Å². The summed E-state index contributed by atoms with van der Waals surface area (Å²) in [5.41, 5.74) is 3.37. The summed E-state index contributed by atoms with van der Waals surface area (Å²) < 4.78 is 10.7. The smallest absolute Gasteiger partial charge is 0.257 e. The Labute approximate surface area is 170 Å². The molecule has 152 valence electrons. The van der Waals surface area contributed by atoms with Crippen molar-refractivity contribution < 1.29 is 14.3 Å². The van der Waals surface area contributed by atoms with Crippen molar-refractivity contribution in [2.45, 2.75) is 19.8 Å². The zero-order chi connectivity index (χ0) is 20.4. The van der Waals surface area contributed by atoms with Gasteiger partial charge in [-0.3, -0.25) is 4.79 Å². The van der Waals surface area contributed by atoms with Gasteiger partial charge in [0.15, 0.2) is 11.5 Å². The van der Waals surface area contributed by atoms with Crippen molar-refractivity contribution >= 4 is 28.2 Å². The number of carbonyl (C=O) groups excluding carboxylic acids is 1. The lowest BCUT2D eigenvalue weighted by Gasteiger charge is -2.32. The average Bonchev–Trinajstić information content (AvgIpc) is 3.16. The number of hydrogen-bond acceptors (Lipinski definition) is 4. The average molecular weight is 393 g/mol. The molecule has 1 aliphatic heterocycles. The quantitative estimate of drug-likeness (QED) is 0.661. The second-order valence-electron chi connectivity index (χ2n) is 7.63. The number of benzene rings is 2. The number of aromatic amines is 1. The van der Waals surface area contributed by atoms with Crippen LogP contribution in [0.2, 0.25) is 0 Å². The van der Waals surface area contributed by atoms with E-state index >= 15 is 0 Å². The Kier molecular flexibility index (Phi) is 5.34. The Balaban J connectivity index is 1.50. The summed E-state index contributed by atoms with van der Waals surface area (Å²) in [6, 6.07) is 11.7. The van der Waals surface area contributed by atoms with Crippen LogP contribution in [0.1, 0.15) is 30.1 Å². The van der Waals surface area contributed by atoms with Crippen LogP contribution in [0.4, 0.5) is 11.4 Å². The van der Waals surface area contributed by atoms with Crippen LogP contribution >= 0.6 is 0 Å². The van der Waals surface area contributed by atoms with E-state index in [0.29, 0.717) is 17.1 Å². The molecule has 2 heterocycles. The van der Waals surface area contributed by atoms with E-state index in [1.807, 2.05) is 24.3 Å². The van der Waals surface area contributed by atoms with E-state index < -0.39 is 0 Å². The molecule has 6 heteroatoms. The van der Waals surface area contributed by atoms with Crippen molar-refractivity contribution in [3.63, 3.8) is 0 Å². The van der Waals surface area contributed by atoms with Crippen molar-refractivity contribution in [1.29, 1.82) is 0 Å². The topological polar surface area (TPSA) is 66.6 Å². The third-order valence-electron chi connectivity index (χ3n) is 5.70. The van der Waals surface area contributed by atoms with Crippen LogP contribution in [0, 0.1) is 5.92 Å². The highest BCUT2D eigenvalue weighted by Gasteiger charge is 2.17. The first-order chi connectivity index (χ1) is 14.1. The van der Waals surface area contributed by atoms with Gasteiger partial charge in [0.1, 0.15) is 0 Å². The fourth-order valence-electron chi connectivity index (χ4n) is 3.86. The summed E-state index contributed by atoms with van der Waals surface area (Å²) in [5.74, 6) is 1.85. The molecule has 3 aromatic rings. The fourth-order valence-corrected chi connectivity index (χ4v) is 3.86. The van der Waals surface area contributed by atoms with Gasteiger partial charge in [-0.1, -0.05) is 6.92 Å². The molecule has 4 rings (SSSR count). The van der Waals surface area contributed by atoms with E-state index in [0.717, 1.165) is 35.6 Å². The van der Waals surface area contributed by atoms with E-state index in [1.165, 1.54) is 18.5 Å². The monoisotopic (exact) mass is 393 g/mol. The highest BCUT2D eigenvalue weighted by Crippen LogP contribution is 2.33. The molecule has 2 N–H and O–H groups in total. The molecule has 29 heavy (non-hydrogen) atoms. The predicted octanol–water partition coefficient (Wildman–Crippen LogP) is 4.67. The summed E-state index contributed by atoms with van der Waals surface area (Å²) in [5, 5.41) is 3.78. The molecule has 0 bridgehead atoms. The molecule has 0 spiro atoms. The Morgan fingerprint density at radius 1 is 1.07 bits per heavy atom. The Bertz CT molecular complexity index is 1000. The van der Waals surface area contributed by atoms with Gasteiger partial charge in [0.05, 0.1) is 25.3 Å². The van der Waals surface area contributed by atoms with Crippen molar-refractivity contribution in [2.24, 2.45) is 5.92 Å². The largest absolute Gasteiger partial charge is 0.493 e. The van der Waals surface area contributed by atoms with Crippen molar-refractivity contribution in [3.8, 4) is 11.5 Å². The maximum atomic E-state index is 12.9. The number of nitrogens with zero attached hydrogens (tertiary/aromatic N) is 1. The van der Waals surface area contributed by atoms with Crippen LogP contribution < -0.4 is 19.7 Å². The highest BCUT2D eigenvalue weighted by molar-refractivity contribution is 6.13. The number of piperidine rings is 1. The molecule has 2 aromatic carbocycles. The number of anilines is 2. The van der Waals surface area contributed by atoms with Gasteiger partial charge in [-0.2, -0.15) is 0 Å². The Morgan fingerprint density at radius 3 is 2.38 bits per heavy atom. The maximum Gasteiger partial charge on any atom is 0.257 e. The number of H-pyrrole nitrogens is 1. The summed E-state index contributed by atoms with van der Waals surface area (Å²) >= 11 is 0. The molecule has 0 atom stereocenters. The first-order valence-corrected chi connectivity index (χ1v) is 9.98. The van der Waals surface area contributed by atoms with E-state index in [1.54, 1.807) is 20.4 Å². The second-order valence-corrected chi connectivity index (χ2v) is 7.63. The lowest BCUT2D eigenvalue weighted by atomic mass is 9.99. The van der Waals surface area contributed by atoms with Crippen LogP contribution in [0.15, 0.2) is 42.6 Å². The molecule has 0 unspecified atom stereocenters. The standard InChI is InChI=1S/C23H27N3O3/c1-15-8-10-26(11-9-15)17-6-4-16(5-7-17)25-23(27)19-14-24-20-13-22(29-3)21(28-2)12-18(19)20/h4-7,12-15,24H,8-11H2,1-3H3,(H,25,27). The molecule has 1 aliphatic rings. The van der Waals surface area contributed by atoms with Crippen LogP contribution in [0.3, 0.4) is 0 Å². The van der Waals surface area contributed by atoms with Crippen molar-refractivity contribution in [2.75, 3.05) is 37.5 Å². The van der Waals surface area contributed by atoms with E-state index in [9.17, 15) is 4.79 Å². The third-order valence-corrected chi connectivity index (χ3v) is 5.70. The van der Waals surface area contributed by atoms with Gasteiger partial charge in [-0.15, -0.1) is 0 Å². The highest BCUT2D eigenvalue weighted by atomic mass is 16.5. The minimum Gasteiger partial charge on any atom is -0.493 e. The van der Waals surface area contributed by atoms with Crippen LogP contribution in [0.5, 0.6) is 11.5 Å². The molecule has 1 saturated heterocycles. The summed E-state index contributed by atoms with van der Waals surface area (Å²) in [4.78, 5) is 18.4. The Hall–Kier alpha value is -3.15. The molecule has 0 saturated carbocycles. The molecule has 6 nitrogen and oxygen atoms in total. The van der Waals surface area contributed by atoms with Crippen LogP contribution in [-0.4, -0.2) is 38.2 Å². The van der Waals surface area contributed by atoms with E-state index in [2.05, 4.69) is 34.3 Å². The fraction of sp³-hybridized carbons (Fsp3) is 0.348. The zero-order valence-corrected chi connectivity index (χ0v) is 17.1. The normalized spacial score (nSPS) is 14.8. The molecule has 1 aromatic heterocycles. The second kappa shape index (κ2) is 8.07. The van der Waals surface area contributed by atoms with Crippen molar-refractivity contribution in [1.82, 2.24) is 4.98 Å². The van der Waals surface area contributed by atoms with Gasteiger partial charge in [0, 0.05) is 42.1 Å². The number of amides is 1. The number of rotatable bonds is 5. The number of nitrogens with one attached hydrogen (secondary N) is 2. The summed E-state index contributed by atoms with van der Waals surface area (Å²) in [6.07, 6.45) is 4.17. The zero-order valence-electron chi connectivity index (χ0n) is 17.1. The van der Waals surface area contributed by atoms with Gasteiger partial charge in [0.25, 0.3) is 5.91 Å². The van der Waals surface area contributed by atoms with Gasteiger partial charge < -0.3 is 24.7 Å². The lowest BCUT2D eigenvalue weighted by molar-refractivity contribution is 0.102. The van der Waals surface area contributed by atoms with E-state index in [4.69, 9.17) is 9.47 Å². The van der Waals surface area contributed by atoms with Crippen LogP contribution in [0.25, 0.3) is 10.9 Å². The predicted molar refractivity (Wildman–Crippen MR) is 116 cm³/mol. The number of hydrogen-bond donors (Lipinski definition) is 2. The number of carbonyl (C=O) groups is 1. The third kappa shape index (κ3) is 3.88. The first kappa shape index (κ1) is 19.2. The number of fused-ring (bicyclic) bond motifs is 1. The minimum absolute atomic E-state index is 0.164. The molecular weight excluding hydrogens is 366 g/mol. The first-order valence-electron chi connectivity index (χ1n) is 9.98. The number of ether oxygens (including phenoxy) is 2. The summed E-state index contributed by atoms with van der Waals surface area (Å²) in [6.45, 7) is 4.49. The number of methoxy groups -OCH3 is 2. The van der Waals surface area contributed by atoms with E-state index in [-0.39, 0.29) is 5.91 Å². The Morgan fingerprint density at radius 2 is 1.72 bits per heavy atom. The number of aromatic nitrogens is 1. The molecule has 1 fully saturated rings. The van der Waals surface area contributed by atoms with Gasteiger partial charge in [-0.25, -0.2) is 0 Å². The molecule has 0 radical (unpaired) electrons. The SMILES string of the molecule is COc1cc2[nH]cc(C(=O)Nc3ccc(N4CCC(C)CC4)cc3)c2cc1OC. The molecule has 1 amide bonds. The van der Waals surface area contributed by atoms with Gasteiger partial charge >= 0.3 is 0 Å².